The summed E-state index contributed by atoms with van der Waals surface area (Å²) in [6.07, 6.45) is 7.13. The van der Waals surface area contributed by atoms with Crippen LogP contribution in [-0.4, -0.2) is 32.4 Å². The number of fused-ring (bicyclic) bond motifs is 2. The van der Waals surface area contributed by atoms with Crippen LogP contribution in [0.15, 0.2) is 15.8 Å². The van der Waals surface area contributed by atoms with Gasteiger partial charge in [-0.25, -0.2) is 4.79 Å². The average Bonchev–Trinajstić information content (AvgIpc) is 3.08. The monoisotopic (exact) mass is 275 g/mol. The Labute approximate surface area is 115 Å². The van der Waals surface area contributed by atoms with E-state index in [2.05, 4.69) is 4.98 Å². The van der Waals surface area contributed by atoms with Crippen molar-refractivity contribution >= 4 is 5.91 Å². The SMILES string of the molecule is O=C(c1c[nH]c(=O)n(C2CC2)c1=O)N1C2CCC1CC2. The van der Waals surface area contributed by atoms with Crippen LogP contribution in [0.25, 0.3) is 0 Å². The number of rotatable bonds is 2. The number of carbonyl (C=O) groups is 1. The summed E-state index contributed by atoms with van der Waals surface area (Å²) in [6, 6.07) is 0.552. The van der Waals surface area contributed by atoms with Gasteiger partial charge in [0.05, 0.1) is 0 Å². The number of aromatic amines is 1. The summed E-state index contributed by atoms with van der Waals surface area (Å²) >= 11 is 0. The molecule has 0 unspecified atom stereocenters. The van der Waals surface area contributed by atoms with E-state index in [0.717, 1.165) is 38.5 Å². The third kappa shape index (κ3) is 1.60. The molecule has 3 fully saturated rings. The molecule has 2 bridgehead atoms. The molecule has 2 aliphatic heterocycles. The van der Waals surface area contributed by atoms with Crippen molar-refractivity contribution in [2.24, 2.45) is 0 Å². The molecule has 6 nitrogen and oxygen atoms in total. The van der Waals surface area contributed by atoms with Crippen molar-refractivity contribution in [1.82, 2.24) is 14.5 Å². The molecule has 1 amide bonds. The van der Waals surface area contributed by atoms with Gasteiger partial charge in [-0.1, -0.05) is 0 Å². The molecule has 0 radical (unpaired) electrons. The quantitative estimate of drug-likeness (QED) is 0.860. The molecule has 106 valence electrons. The van der Waals surface area contributed by atoms with Gasteiger partial charge >= 0.3 is 5.69 Å². The first-order valence-electron chi connectivity index (χ1n) is 7.33. The summed E-state index contributed by atoms with van der Waals surface area (Å²) in [5.41, 5.74) is -0.707. The fourth-order valence-corrected chi connectivity index (χ4v) is 3.69. The maximum atomic E-state index is 12.6. The lowest BCUT2D eigenvalue weighted by Crippen LogP contribution is -2.43. The van der Waals surface area contributed by atoms with Gasteiger partial charge < -0.3 is 9.88 Å². The van der Waals surface area contributed by atoms with E-state index in [9.17, 15) is 14.4 Å². The Morgan fingerprint density at radius 1 is 1.00 bits per heavy atom. The molecule has 0 atom stereocenters. The van der Waals surface area contributed by atoms with Crippen LogP contribution in [-0.2, 0) is 0 Å². The van der Waals surface area contributed by atoms with Gasteiger partial charge in [-0.3, -0.25) is 14.2 Å². The molecule has 0 spiro atoms. The lowest BCUT2D eigenvalue weighted by Gasteiger charge is -2.21. The molecule has 0 aromatic carbocycles. The Balaban J connectivity index is 1.76. The third-order valence-corrected chi connectivity index (χ3v) is 4.84. The van der Waals surface area contributed by atoms with E-state index in [1.165, 1.54) is 10.8 Å². The zero-order chi connectivity index (χ0) is 13.9. The van der Waals surface area contributed by atoms with Gasteiger partial charge in [0.1, 0.15) is 5.56 Å². The Bertz CT molecular complexity index is 666. The van der Waals surface area contributed by atoms with Gasteiger partial charge in [0.2, 0.25) is 0 Å². The van der Waals surface area contributed by atoms with Gasteiger partial charge in [0, 0.05) is 24.3 Å². The number of aromatic nitrogens is 2. The van der Waals surface area contributed by atoms with Crippen molar-refractivity contribution in [3.05, 3.63) is 32.6 Å². The Morgan fingerprint density at radius 3 is 2.10 bits per heavy atom. The molecule has 1 aliphatic carbocycles. The molecule has 1 aromatic rings. The fraction of sp³-hybridized carbons (Fsp3) is 0.643. The highest BCUT2D eigenvalue weighted by atomic mass is 16.2. The molecule has 3 aliphatic rings. The van der Waals surface area contributed by atoms with Crippen LogP contribution in [0.2, 0.25) is 0 Å². The first-order chi connectivity index (χ1) is 9.66. The van der Waals surface area contributed by atoms with Gasteiger partial charge in [-0.15, -0.1) is 0 Å². The minimum atomic E-state index is -0.424. The molecule has 4 rings (SSSR count). The number of H-pyrrole nitrogens is 1. The van der Waals surface area contributed by atoms with Crippen molar-refractivity contribution in [2.45, 2.75) is 56.7 Å². The van der Waals surface area contributed by atoms with Crippen molar-refractivity contribution in [3.63, 3.8) is 0 Å². The predicted octanol–water partition coefficient (Wildman–Crippen LogP) is 0.638. The lowest BCUT2D eigenvalue weighted by molar-refractivity contribution is 0.0726. The molecular weight excluding hydrogens is 258 g/mol. The van der Waals surface area contributed by atoms with Crippen LogP contribution in [0.4, 0.5) is 0 Å². The van der Waals surface area contributed by atoms with Crippen molar-refractivity contribution in [1.29, 1.82) is 0 Å². The smallest absolute Gasteiger partial charge is 0.328 e. The van der Waals surface area contributed by atoms with Crippen molar-refractivity contribution in [2.75, 3.05) is 0 Å². The van der Waals surface area contributed by atoms with Crippen molar-refractivity contribution < 1.29 is 4.79 Å². The Hall–Kier alpha value is -1.85. The van der Waals surface area contributed by atoms with E-state index in [1.807, 2.05) is 4.90 Å². The number of carbonyl (C=O) groups excluding carboxylic acids is 1. The molecule has 3 heterocycles. The third-order valence-electron chi connectivity index (χ3n) is 4.84. The second kappa shape index (κ2) is 4.07. The number of hydrogen-bond donors (Lipinski definition) is 1. The Kier molecular flexibility index (Phi) is 2.43. The van der Waals surface area contributed by atoms with E-state index in [0.29, 0.717) is 0 Å². The minimum absolute atomic E-state index is 0.0192. The first kappa shape index (κ1) is 11.9. The van der Waals surface area contributed by atoms with Crippen molar-refractivity contribution in [3.8, 4) is 0 Å². The summed E-state index contributed by atoms with van der Waals surface area (Å²) in [5, 5.41) is 0. The number of nitrogens with zero attached hydrogens (tertiary/aromatic N) is 2. The number of amides is 1. The molecule has 1 saturated carbocycles. The van der Waals surface area contributed by atoms with Crippen LogP contribution in [0, 0.1) is 0 Å². The van der Waals surface area contributed by atoms with Gasteiger partial charge in [0.25, 0.3) is 11.5 Å². The minimum Gasteiger partial charge on any atom is -0.332 e. The molecular formula is C14H17N3O3. The van der Waals surface area contributed by atoms with E-state index in [1.54, 1.807) is 0 Å². The maximum Gasteiger partial charge on any atom is 0.328 e. The molecule has 1 aromatic heterocycles. The maximum absolute atomic E-state index is 12.6. The summed E-state index contributed by atoms with van der Waals surface area (Å²) in [4.78, 5) is 41.2. The zero-order valence-corrected chi connectivity index (χ0v) is 11.2. The molecule has 2 saturated heterocycles. The molecule has 6 heteroatoms. The van der Waals surface area contributed by atoms with Crippen LogP contribution in [0.3, 0.4) is 0 Å². The van der Waals surface area contributed by atoms with E-state index < -0.39 is 11.2 Å². The number of nitrogens with one attached hydrogen (secondary N) is 1. The topological polar surface area (TPSA) is 75.2 Å². The summed E-state index contributed by atoms with van der Waals surface area (Å²) in [5.74, 6) is -0.203. The Morgan fingerprint density at radius 2 is 1.55 bits per heavy atom. The average molecular weight is 275 g/mol. The van der Waals surface area contributed by atoms with Gasteiger partial charge in [-0.2, -0.15) is 0 Å². The molecule has 20 heavy (non-hydrogen) atoms. The predicted molar refractivity (Wildman–Crippen MR) is 71.8 cm³/mol. The highest BCUT2D eigenvalue weighted by Crippen LogP contribution is 2.38. The molecule has 1 N–H and O–H groups in total. The van der Waals surface area contributed by atoms with Crippen LogP contribution in [0.5, 0.6) is 0 Å². The summed E-state index contributed by atoms with van der Waals surface area (Å²) in [7, 11) is 0. The van der Waals surface area contributed by atoms with Gasteiger partial charge in [0.15, 0.2) is 0 Å². The number of hydrogen-bond acceptors (Lipinski definition) is 3. The largest absolute Gasteiger partial charge is 0.332 e. The second-order valence-corrected chi connectivity index (χ2v) is 6.09. The van der Waals surface area contributed by atoms with Gasteiger partial charge in [-0.05, 0) is 38.5 Å². The summed E-state index contributed by atoms with van der Waals surface area (Å²) < 4.78 is 1.21. The van der Waals surface area contributed by atoms with Crippen LogP contribution in [0.1, 0.15) is 54.9 Å². The highest BCUT2D eigenvalue weighted by molar-refractivity contribution is 5.94. The first-order valence-corrected chi connectivity index (χ1v) is 7.33. The second-order valence-electron chi connectivity index (χ2n) is 6.09. The fourth-order valence-electron chi connectivity index (χ4n) is 3.69. The van der Waals surface area contributed by atoms with E-state index >= 15 is 0 Å². The highest BCUT2D eigenvalue weighted by Gasteiger charge is 2.43. The van der Waals surface area contributed by atoms with E-state index in [-0.39, 0.29) is 29.6 Å². The van der Waals surface area contributed by atoms with Crippen LogP contribution < -0.4 is 11.2 Å². The summed E-state index contributed by atoms with van der Waals surface area (Å²) in [6.45, 7) is 0. The standard InChI is InChI=1S/C14H17N3O3/c18-12(16-8-1-2-9(16)4-3-8)11-7-15-14(20)17(13(11)19)10-5-6-10/h7-10H,1-6H2,(H,15,20). The lowest BCUT2D eigenvalue weighted by atomic mass is 10.0. The normalized spacial score (nSPS) is 28.1. The van der Waals surface area contributed by atoms with E-state index in [4.69, 9.17) is 0 Å². The van der Waals surface area contributed by atoms with Crippen LogP contribution >= 0.6 is 0 Å². The zero-order valence-electron chi connectivity index (χ0n) is 11.2.